The first-order valence-corrected chi connectivity index (χ1v) is 7.75. The third kappa shape index (κ3) is 3.74. The smallest absolute Gasteiger partial charge is 0.246 e. The zero-order valence-electron chi connectivity index (χ0n) is 14.3. The zero-order valence-corrected chi connectivity index (χ0v) is 14.3. The Morgan fingerprint density at radius 2 is 2.04 bits per heavy atom. The lowest BCUT2D eigenvalue weighted by Crippen LogP contribution is -2.30. The summed E-state index contributed by atoms with van der Waals surface area (Å²) < 4.78 is 11.6. The van der Waals surface area contributed by atoms with E-state index in [-0.39, 0.29) is 18.6 Å². The Labute approximate surface area is 144 Å². The van der Waals surface area contributed by atoms with Crippen molar-refractivity contribution in [2.24, 2.45) is 0 Å². The minimum Gasteiger partial charge on any atom is -0.497 e. The summed E-state index contributed by atoms with van der Waals surface area (Å²) in [4.78, 5) is 20.5. The molecule has 8 heteroatoms. The van der Waals surface area contributed by atoms with E-state index in [9.17, 15) is 4.79 Å². The van der Waals surface area contributed by atoms with Crippen LogP contribution in [0.25, 0.3) is 16.9 Å². The molecule has 0 radical (unpaired) electrons. The number of benzene rings is 1. The second-order valence-electron chi connectivity index (χ2n) is 5.50. The van der Waals surface area contributed by atoms with E-state index in [1.165, 1.54) is 7.11 Å². The van der Waals surface area contributed by atoms with Crippen molar-refractivity contribution in [3.8, 4) is 17.0 Å². The number of carbonyl (C=O) groups excluding carboxylic acids is 1. The highest BCUT2D eigenvalue weighted by Crippen LogP contribution is 2.21. The molecule has 1 aromatic carbocycles. The zero-order chi connectivity index (χ0) is 17.8. The summed E-state index contributed by atoms with van der Waals surface area (Å²) in [6, 6.07) is 9.15. The van der Waals surface area contributed by atoms with E-state index in [2.05, 4.69) is 20.4 Å². The normalized spacial score (nSPS) is 12.1. The number of rotatable bonds is 6. The van der Waals surface area contributed by atoms with Gasteiger partial charge in [0.05, 0.1) is 18.8 Å². The van der Waals surface area contributed by atoms with Crippen molar-refractivity contribution >= 4 is 11.6 Å². The molecule has 1 N–H and O–H groups in total. The fourth-order valence-electron chi connectivity index (χ4n) is 2.39. The van der Waals surface area contributed by atoms with Gasteiger partial charge in [0.2, 0.25) is 5.91 Å². The van der Waals surface area contributed by atoms with Crippen LogP contribution in [0.15, 0.2) is 36.7 Å². The Balaban J connectivity index is 1.84. The van der Waals surface area contributed by atoms with Gasteiger partial charge in [0.25, 0.3) is 0 Å². The predicted molar refractivity (Wildman–Crippen MR) is 91.2 cm³/mol. The van der Waals surface area contributed by atoms with Crippen LogP contribution < -0.4 is 10.1 Å². The lowest BCUT2D eigenvalue weighted by molar-refractivity contribution is -0.125. The van der Waals surface area contributed by atoms with Gasteiger partial charge in [-0.3, -0.25) is 4.79 Å². The third-order valence-corrected chi connectivity index (χ3v) is 3.67. The summed E-state index contributed by atoms with van der Waals surface area (Å²) in [5.74, 6) is 1.08. The average Bonchev–Trinajstić information content (AvgIpc) is 3.05. The van der Waals surface area contributed by atoms with Gasteiger partial charge in [-0.1, -0.05) is 0 Å². The predicted octanol–water partition coefficient (Wildman–Crippen LogP) is 1.62. The molecule has 0 bridgehead atoms. The average molecular weight is 341 g/mol. The molecule has 0 saturated carbocycles. The highest BCUT2D eigenvalue weighted by atomic mass is 16.5. The van der Waals surface area contributed by atoms with E-state index in [0.29, 0.717) is 11.5 Å². The van der Waals surface area contributed by atoms with E-state index in [0.717, 1.165) is 17.0 Å². The maximum absolute atomic E-state index is 11.6. The number of aromatic nitrogens is 4. The Bertz CT molecular complexity index is 876. The highest BCUT2D eigenvalue weighted by molar-refractivity contribution is 5.77. The monoisotopic (exact) mass is 341 g/mol. The number of methoxy groups -OCH3 is 2. The van der Waals surface area contributed by atoms with Gasteiger partial charge in [-0.15, -0.1) is 5.10 Å². The van der Waals surface area contributed by atoms with Crippen LogP contribution in [0.5, 0.6) is 5.75 Å². The molecule has 3 rings (SSSR count). The fraction of sp³-hybridized carbons (Fsp3) is 0.294. The molecule has 3 aromatic rings. The lowest BCUT2D eigenvalue weighted by Gasteiger charge is -2.09. The van der Waals surface area contributed by atoms with Crippen LogP contribution in [0, 0.1) is 0 Å². The van der Waals surface area contributed by atoms with Crippen LogP contribution in [0.2, 0.25) is 0 Å². The van der Waals surface area contributed by atoms with Crippen LogP contribution >= 0.6 is 0 Å². The van der Waals surface area contributed by atoms with Crippen molar-refractivity contribution in [3.63, 3.8) is 0 Å². The molecule has 2 aromatic heterocycles. The maximum Gasteiger partial charge on any atom is 0.246 e. The van der Waals surface area contributed by atoms with Gasteiger partial charge >= 0.3 is 0 Å². The van der Waals surface area contributed by atoms with Gasteiger partial charge < -0.3 is 14.8 Å². The largest absolute Gasteiger partial charge is 0.497 e. The first-order chi connectivity index (χ1) is 12.1. The van der Waals surface area contributed by atoms with E-state index in [1.54, 1.807) is 18.0 Å². The Morgan fingerprint density at radius 1 is 1.28 bits per heavy atom. The van der Waals surface area contributed by atoms with Crippen LogP contribution in [0.4, 0.5) is 0 Å². The van der Waals surface area contributed by atoms with E-state index < -0.39 is 0 Å². The number of fused-ring (bicyclic) bond motifs is 1. The van der Waals surface area contributed by atoms with Crippen LogP contribution in [0.1, 0.15) is 18.8 Å². The van der Waals surface area contributed by atoms with Crippen molar-refractivity contribution in [1.29, 1.82) is 0 Å². The number of ether oxygens (including phenoxy) is 2. The number of nitrogens with zero attached hydrogens (tertiary/aromatic N) is 4. The number of nitrogens with one attached hydrogen (secondary N) is 1. The maximum atomic E-state index is 11.6. The summed E-state index contributed by atoms with van der Waals surface area (Å²) >= 11 is 0. The molecule has 1 atom stereocenters. The molecule has 2 heterocycles. The lowest BCUT2D eigenvalue weighted by atomic mass is 10.1. The molecule has 0 fully saturated rings. The molecule has 8 nitrogen and oxygen atoms in total. The standard InChI is InChI=1S/C17H19N5O3/c1-11(19-16(23)9-24-2)17-20-15-8-14(18-10-22(15)21-17)12-4-6-13(25-3)7-5-12/h4-8,10-11H,9H2,1-3H3,(H,19,23)/t11-/m0/s1. The molecular formula is C17H19N5O3. The molecule has 25 heavy (non-hydrogen) atoms. The van der Waals surface area contributed by atoms with Crippen molar-refractivity contribution in [1.82, 2.24) is 24.9 Å². The summed E-state index contributed by atoms with van der Waals surface area (Å²) in [6.45, 7) is 1.82. The Morgan fingerprint density at radius 3 is 2.72 bits per heavy atom. The second kappa shape index (κ2) is 7.27. The van der Waals surface area contributed by atoms with Gasteiger partial charge in [-0.05, 0) is 31.2 Å². The summed E-state index contributed by atoms with van der Waals surface area (Å²) in [5, 5.41) is 7.14. The Hall–Kier alpha value is -3.00. The van der Waals surface area contributed by atoms with E-state index >= 15 is 0 Å². The van der Waals surface area contributed by atoms with Crippen molar-refractivity contribution in [2.75, 3.05) is 20.8 Å². The SMILES string of the molecule is COCC(=O)N[C@@H](C)c1nc2cc(-c3ccc(OC)cc3)ncn2n1. The highest BCUT2D eigenvalue weighted by Gasteiger charge is 2.15. The first-order valence-electron chi connectivity index (χ1n) is 7.75. The molecule has 0 spiro atoms. The molecule has 0 aliphatic rings. The number of hydrogen-bond acceptors (Lipinski definition) is 6. The third-order valence-electron chi connectivity index (χ3n) is 3.67. The number of carbonyl (C=O) groups is 1. The molecule has 0 unspecified atom stereocenters. The number of amides is 1. The van der Waals surface area contributed by atoms with Gasteiger partial charge in [-0.25, -0.2) is 14.5 Å². The quantitative estimate of drug-likeness (QED) is 0.733. The van der Waals surface area contributed by atoms with Crippen molar-refractivity contribution in [2.45, 2.75) is 13.0 Å². The topological polar surface area (TPSA) is 90.6 Å². The van der Waals surface area contributed by atoms with Crippen LogP contribution in [0.3, 0.4) is 0 Å². The molecule has 0 aliphatic carbocycles. The van der Waals surface area contributed by atoms with E-state index in [4.69, 9.17) is 9.47 Å². The van der Waals surface area contributed by atoms with Gasteiger partial charge in [0.15, 0.2) is 11.5 Å². The van der Waals surface area contributed by atoms with Crippen LogP contribution in [-0.4, -0.2) is 46.3 Å². The Kier molecular flexibility index (Phi) is 4.90. The first kappa shape index (κ1) is 16.8. The van der Waals surface area contributed by atoms with Crippen molar-refractivity contribution < 1.29 is 14.3 Å². The molecule has 0 saturated heterocycles. The summed E-state index contributed by atoms with van der Waals surface area (Å²) in [7, 11) is 3.10. The summed E-state index contributed by atoms with van der Waals surface area (Å²) in [6.07, 6.45) is 1.61. The van der Waals surface area contributed by atoms with Gasteiger partial charge in [-0.2, -0.15) is 0 Å². The molecule has 1 amide bonds. The van der Waals surface area contributed by atoms with Gasteiger partial charge in [0.1, 0.15) is 18.7 Å². The van der Waals surface area contributed by atoms with Crippen LogP contribution in [-0.2, 0) is 9.53 Å². The minimum absolute atomic E-state index is 0.000878. The second-order valence-corrected chi connectivity index (χ2v) is 5.50. The van der Waals surface area contributed by atoms with Gasteiger partial charge in [0, 0.05) is 18.7 Å². The fourth-order valence-corrected chi connectivity index (χ4v) is 2.39. The molecular weight excluding hydrogens is 322 g/mol. The molecule has 130 valence electrons. The van der Waals surface area contributed by atoms with E-state index in [1.807, 2.05) is 37.3 Å². The molecule has 0 aliphatic heterocycles. The number of hydrogen-bond donors (Lipinski definition) is 1. The summed E-state index contributed by atoms with van der Waals surface area (Å²) in [5.41, 5.74) is 2.39. The minimum atomic E-state index is -0.327. The van der Waals surface area contributed by atoms with Crippen molar-refractivity contribution in [3.05, 3.63) is 42.5 Å².